The average molecular weight is 548 g/mol. The van der Waals surface area contributed by atoms with Crippen LogP contribution in [-0.2, 0) is 11.3 Å². The molecule has 1 amide bonds. The van der Waals surface area contributed by atoms with Crippen LogP contribution in [-0.4, -0.2) is 43.6 Å². The minimum absolute atomic E-state index is 0.0454. The van der Waals surface area contributed by atoms with Crippen molar-refractivity contribution in [1.29, 1.82) is 0 Å². The molecule has 0 bridgehead atoms. The van der Waals surface area contributed by atoms with Crippen molar-refractivity contribution in [3.05, 3.63) is 90.6 Å². The maximum atomic E-state index is 14.2. The van der Waals surface area contributed by atoms with Gasteiger partial charge in [0.1, 0.15) is 17.3 Å². The molecular weight excluding hydrogens is 523 g/mol. The van der Waals surface area contributed by atoms with Crippen LogP contribution in [0, 0.1) is 11.7 Å². The second kappa shape index (κ2) is 10.8. The first-order chi connectivity index (χ1) is 19.4. The number of carbonyl (C=O) groups excluding carboxylic acids is 1. The van der Waals surface area contributed by atoms with Crippen molar-refractivity contribution in [3.63, 3.8) is 0 Å². The van der Waals surface area contributed by atoms with Gasteiger partial charge in [-0.1, -0.05) is 12.1 Å². The normalized spacial score (nSPS) is 14.2. The highest BCUT2D eigenvalue weighted by atomic mass is 19.3. The van der Waals surface area contributed by atoms with Gasteiger partial charge in [-0.15, -0.1) is 10.2 Å². The van der Waals surface area contributed by atoms with E-state index in [2.05, 4.69) is 25.1 Å². The summed E-state index contributed by atoms with van der Waals surface area (Å²) in [6.07, 6.45) is 3.62. The van der Waals surface area contributed by atoms with Crippen LogP contribution in [0.3, 0.4) is 0 Å². The Morgan fingerprint density at radius 2 is 1.93 bits per heavy atom. The summed E-state index contributed by atoms with van der Waals surface area (Å²) in [6, 6.07) is 15.0. The maximum Gasteiger partial charge on any atom is 0.314 e. The van der Waals surface area contributed by atoms with Gasteiger partial charge in [0, 0.05) is 48.8 Å². The number of nitrogens with zero attached hydrogens (tertiary/aromatic N) is 7. The van der Waals surface area contributed by atoms with E-state index in [-0.39, 0.29) is 24.3 Å². The molecule has 4 aromatic heterocycles. The number of hydrogen-bond donors (Lipinski definition) is 0. The molecule has 1 aliphatic heterocycles. The Morgan fingerprint density at radius 3 is 2.65 bits per heavy atom. The summed E-state index contributed by atoms with van der Waals surface area (Å²) < 4.78 is 46.7. The predicted molar refractivity (Wildman–Crippen MR) is 140 cm³/mol. The number of fused-ring (bicyclic) bond motifs is 1. The van der Waals surface area contributed by atoms with Crippen molar-refractivity contribution in [1.82, 2.24) is 24.6 Å². The number of benzene rings is 1. The molecule has 0 unspecified atom stereocenters. The third-order valence-electron chi connectivity index (χ3n) is 6.91. The standard InChI is InChI=1S/C28H24F3N7O2/c29-20-4-3-5-22(15-20)38(28(39)18-7-11-36(12-8-18)23-6-1-2-10-32-23)17-21-16-37-13-9-19(14-24(37)33-21)26-34-35-27(40-26)25(30)31/h1-6,9-10,13-16,18,25H,7-8,11-12,17H2. The van der Waals surface area contributed by atoms with E-state index in [0.29, 0.717) is 48.5 Å². The number of amides is 1. The molecule has 1 saturated heterocycles. The van der Waals surface area contributed by atoms with Crippen LogP contribution >= 0.6 is 0 Å². The molecule has 6 rings (SSSR count). The van der Waals surface area contributed by atoms with Crippen LogP contribution in [0.4, 0.5) is 24.7 Å². The van der Waals surface area contributed by atoms with Gasteiger partial charge in [-0.3, -0.25) is 4.79 Å². The van der Waals surface area contributed by atoms with Gasteiger partial charge in [-0.25, -0.2) is 14.4 Å². The number of hydrogen-bond acceptors (Lipinski definition) is 7. The lowest BCUT2D eigenvalue weighted by Gasteiger charge is -2.34. The van der Waals surface area contributed by atoms with Crippen LogP contribution in [0.2, 0.25) is 0 Å². The highest BCUT2D eigenvalue weighted by Gasteiger charge is 2.30. The quantitative estimate of drug-likeness (QED) is 0.273. The fourth-order valence-electron chi connectivity index (χ4n) is 4.90. The number of aromatic nitrogens is 5. The van der Waals surface area contributed by atoms with E-state index in [4.69, 9.17) is 4.42 Å². The van der Waals surface area contributed by atoms with Gasteiger partial charge in [0.15, 0.2) is 0 Å². The topological polar surface area (TPSA) is 92.7 Å². The molecule has 204 valence electrons. The highest BCUT2D eigenvalue weighted by molar-refractivity contribution is 5.95. The molecular formula is C28H24F3N7O2. The number of pyridine rings is 2. The largest absolute Gasteiger partial charge is 0.415 e. The molecule has 0 spiro atoms. The Balaban J connectivity index is 1.24. The Labute approximate surface area is 226 Å². The molecule has 1 fully saturated rings. The van der Waals surface area contributed by atoms with Gasteiger partial charge < -0.3 is 18.6 Å². The molecule has 0 aliphatic carbocycles. The number of halogens is 3. The fourth-order valence-corrected chi connectivity index (χ4v) is 4.90. The van der Waals surface area contributed by atoms with Crippen LogP contribution in [0.1, 0.15) is 30.9 Å². The number of piperidine rings is 1. The van der Waals surface area contributed by atoms with Crippen LogP contribution in [0.5, 0.6) is 0 Å². The van der Waals surface area contributed by atoms with E-state index in [0.717, 1.165) is 5.82 Å². The first-order valence-corrected chi connectivity index (χ1v) is 12.8. The molecule has 9 nitrogen and oxygen atoms in total. The van der Waals surface area contributed by atoms with Crippen LogP contribution in [0.15, 0.2) is 77.6 Å². The summed E-state index contributed by atoms with van der Waals surface area (Å²) in [5.74, 6) is -0.708. The smallest absolute Gasteiger partial charge is 0.314 e. The number of alkyl halides is 2. The highest BCUT2D eigenvalue weighted by Crippen LogP contribution is 2.28. The Hall–Kier alpha value is -4.74. The summed E-state index contributed by atoms with van der Waals surface area (Å²) in [5.41, 5.74) is 1.95. The minimum atomic E-state index is -2.86. The van der Waals surface area contributed by atoms with Crippen molar-refractivity contribution in [3.8, 4) is 11.5 Å². The second-order valence-electron chi connectivity index (χ2n) is 9.51. The lowest BCUT2D eigenvalue weighted by Crippen LogP contribution is -2.42. The first-order valence-electron chi connectivity index (χ1n) is 12.8. The van der Waals surface area contributed by atoms with Crippen molar-refractivity contribution >= 4 is 23.1 Å². The Kier molecular flexibility index (Phi) is 6.89. The molecule has 0 saturated carbocycles. The SMILES string of the molecule is O=C(C1CCN(c2ccccn2)CC1)N(Cc1cn2ccc(-c3nnc(C(F)F)o3)cc2n1)c1cccc(F)c1. The average Bonchev–Trinajstić information content (AvgIpc) is 3.63. The fraction of sp³-hybridized carbons (Fsp3) is 0.250. The lowest BCUT2D eigenvalue weighted by atomic mass is 9.94. The van der Waals surface area contributed by atoms with Crippen LogP contribution in [0.25, 0.3) is 17.1 Å². The third kappa shape index (κ3) is 5.24. The third-order valence-corrected chi connectivity index (χ3v) is 6.91. The zero-order chi connectivity index (χ0) is 27.6. The van der Waals surface area contributed by atoms with E-state index in [9.17, 15) is 18.0 Å². The van der Waals surface area contributed by atoms with E-state index in [1.807, 2.05) is 18.2 Å². The molecule has 40 heavy (non-hydrogen) atoms. The Bertz CT molecular complexity index is 1630. The summed E-state index contributed by atoms with van der Waals surface area (Å²) in [7, 11) is 0. The van der Waals surface area contributed by atoms with Crippen LogP contribution < -0.4 is 9.80 Å². The van der Waals surface area contributed by atoms with Crippen molar-refractivity contribution in [2.24, 2.45) is 5.92 Å². The molecule has 0 atom stereocenters. The predicted octanol–water partition coefficient (Wildman–Crippen LogP) is 5.31. The maximum absolute atomic E-state index is 14.2. The van der Waals surface area contributed by atoms with E-state index in [1.165, 1.54) is 12.1 Å². The lowest BCUT2D eigenvalue weighted by molar-refractivity contribution is -0.123. The first kappa shape index (κ1) is 25.5. The van der Waals surface area contributed by atoms with E-state index in [1.54, 1.807) is 52.2 Å². The molecule has 1 aromatic carbocycles. The zero-order valence-electron chi connectivity index (χ0n) is 21.2. The second-order valence-corrected chi connectivity index (χ2v) is 9.51. The summed E-state index contributed by atoms with van der Waals surface area (Å²) in [5, 5.41) is 7.06. The number of carbonyl (C=O) groups is 1. The Morgan fingerprint density at radius 1 is 1.07 bits per heavy atom. The molecule has 1 aliphatic rings. The summed E-state index contributed by atoms with van der Waals surface area (Å²) in [6.45, 7) is 1.49. The summed E-state index contributed by atoms with van der Waals surface area (Å²) >= 11 is 0. The van der Waals surface area contributed by atoms with Crippen molar-refractivity contribution < 1.29 is 22.4 Å². The van der Waals surface area contributed by atoms with E-state index >= 15 is 0 Å². The van der Waals surface area contributed by atoms with Gasteiger partial charge in [-0.05, 0) is 55.3 Å². The zero-order valence-corrected chi connectivity index (χ0v) is 21.2. The van der Waals surface area contributed by atoms with Gasteiger partial charge in [-0.2, -0.15) is 8.78 Å². The number of rotatable bonds is 7. The molecule has 0 radical (unpaired) electrons. The van der Waals surface area contributed by atoms with Gasteiger partial charge in [0.25, 0.3) is 5.89 Å². The molecule has 5 aromatic rings. The number of anilines is 2. The summed E-state index contributed by atoms with van der Waals surface area (Å²) in [4.78, 5) is 26.6. The van der Waals surface area contributed by atoms with Gasteiger partial charge in [0.05, 0.1) is 12.2 Å². The molecule has 5 heterocycles. The van der Waals surface area contributed by atoms with Gasteiger partial charge >= 0.3 is 6.43 Å². The molecule has 0 N–H and O–H groups in total. The van der Waals surface area contributed by atoms with E-state index < -0.39 is 18.1 Å². The minimum Gasteiger partial charge on any atom is -0.415 e. The number of imidazole rings is 1. The molecule has 12 heteroatoms. The van der Waals surface area contributed by atoms with Gasteiger partial charge in [0.2, 0.25) is 11.8 Å². The van der Waals surface area contributed by atoms with Crippen molar-refractivity contribution in [2.75, 3.05) is 22.9 Å². The van der Waals surface area contributed by atoms with Crippen molar-refractivity contribution in [2.45, 2.75) is 25.8 Å². The monoisotopic (exact) mass is 547 g/mol.